The molecule has 3 heteroatoms. The number of aryl methyl sites for hydroxylation is 2. The zero-order chi connectivity index (χ0) is 13.2. The summed E-state index contributed by atoms with van der Waals surface area (Å²) < 4.78 is 11.1. The molecule has 102 valence electrons. The molecule has 1 aromatic rings. The minimum Gasteiger partial charge on any atom is -0.493 e. The lowest BCUT2D eigenvalue weighted by atomic mass is 10.1. The topological polar surface area (TPSA) is 30.5 Å². The molecule has 0 amide bonds. The summed E-state index contributed by atoms with van der Waals surface area (Å²) in [5.74, 6) is 0.950. The van der Waals surface area contributed by atoms with E-state index in [2.05, 4.69) is 38.2 Å². The van der Waals surface area contributed by atoms with Gasteiger partial charge >= 0.3 is 0 Å². The Hall–Kier alpha value is -1.06. The van der Waals surface area contributed by atoms with Gasteiger partial charge in [0, 0.05) is 19.6 Å². The zero-order valence-corrected chi connectivity index (χ0v) is 11.8. The maximum Gasteiger partial charge on any atom is 0.119 e. The molecule has 18 heavy (non-hydrogen) atoms. The van der Waals surface area contributed by atoms with Gasteiger partial charge in [-0.15, -0.1) is 0 Å². The molecule has 0 aliphatic rings. The van der Waals surface area contributed by atoms with Crippen LogP contribution < -0.4 is 10.1 Å². The van der Waals surface area contributed by atoms with Crippen molar-refractivity contribution in [1.82, 2.24) is 5.32 Å². The molecule has 1 rings (SSSR count). The van der Waals surface area contributed by atoms with Crippen molar-refractivity contribution in [3.63, 3.8) is 0 Å². The Balaban J connectivity index is 2.05. The average Bonchev–Trinajstić information content (AvgIpc) is 2.37. The van der Waals surface area contributed by atoms with E-state index in [1.165, 1.54) is 11.1 Å². The van der Waals surface area contributed by atoms with Gasteiger partial charge in [-0.3, -0.25) is 0 Å². The highest BCUT2D eigenvalue weighted by Crippen LogP contribution is 2.16. The van der Waals surface area contributed by atoms with Gasteiger partial charge in [-0.05, 0) is 43.7 Å². The predicted molar refractivity (Wildman–Crippen MR) is 75.4 cm³/mol. The van der Waals surface area contributed by atoms with Gasteiger partial charge in [-0.1, -0.05) is 13.0 Å². The van der Waals surface area contributed by atoms with Crippen LogP contribution in [0.3, 0.4) is 0 Å². The number of likely N-dealkylation sites (N-methyl/N-ethyl adjacent to an activating group) is 1. The van der Waals surface area contributed by atoms with E-state index < -0.39 is 0 Å². The van der Waals surface area contributed by atoms with Crippen molar-refractivity contribution in [3.05, 3.63) is 29.3 Å². The summed E-state index contributed by atoms with van der Waals surface area (Å²) in [5, 5.41) is 3.22. The maximum atomic E-state index is 5.67. The minimum absolute atomic E-state index is 0.712. The molecule has 0 unspecified atom stereocenters. The van der Waals surface area contributed by atoms with Crippen molar-refractivity contribution >= 4 is 0 Å². The summed E-state index contributed by atoms with van der Waals surface area (Å²) in [7, 11) is 0. The summed E-state index contributed by atoms with van der Waals surface area (Å²) >= 11 is 0. The Bertz CT molecular complexity index is 339. The standard InChI is InChI=1S/C15H25NO2/c1-4-16-8-11-17-9-5-10-18-15-7-6-13(2)14(3)12-15/h6-7,12,16H,4-5,8-11H2,1-3H3. The van der Waals surface area contributed by atoms with Crippen molar-refractivity contribution in [2.24, 2.45) is 0 Å². The van der Waals surface area contributed by atoms with E-state index in [4.69, 9.17) is 9.47 Å². The van der Waals surface area contributed by atoms with Crippen LogP contribution in [0.2, 0.25) is 0 Å². The maximum absolute atomic E-state index is 5.67. The van der Waals surface area contributed by atoms with Crippen LogP contribution in [-0.2, 0) is 4.74 Å². The van der Waals surface area contributed by atoms with Gasteiger partial charge in [0.1, 0.15) is 5.75 Å². The molecule has 0 fully saturated rings. The Labute approximate surface area is 110 Å². The fraction of sp³-hybridized carbons (Fsp3) is 0.600. The van der Waals surface area contributed by atoms with E-state index >= 15 is 0 Å². The van der Waals surface area contributed by atoms with Gasteiger partial charge in [-0.2, -0.15) is 0 Å². The molecule has 0 heterocycles. The van der Waals surface area contributed by atoms with Crippen LogP contribution in [0.1, 0.15) is 24.5 Å². The third-order valence-electron chi connectivity index (χ3n) is 2.85. The summed E-state index contributed by atoms with van der Waals surface area (Å²) in [6.45, 7) is 10.5. The summed E-state index contributed by atoms with van der Waals surface area (Å²) in [4.78, 5) is 0. The average molecular weight is 251 g/mol. The SMILES string of the molecule is CCNCCOCCCOc1ccc(C)c(C)c1. The van der Waals surface area contributed by atoms with Crippen LogP contribution in [0.15, 0.2) is 18.2 Å². The number of nitrogens with one attached hydrogen (secondary N) is 1. The molecule has 1 N–H and O–H groups in total. The van der Waals surface area contributed by atoms with Crippen molar-refractivity contribution in [3.8, 4) is 5.75 Å². The molecule has 0 saturated heterocycles. The molecule has 0 saturated carbocycles. The van der Waals surface area contributed by atoms with Crippen LogP contribution in [0.25, 0.3) is 0 Å². The second-order valence-corrected chi connectivity index (χ2v) is 4.41. The third kappa shape index (κ3) is 6.03. The molecule has 0 radical (unpaired) electrons. The van der Waals surface area contributed by atoms with E-state index in [0.717, 1.165) is 38.5 Å². The first-order chi connectivity index (χ1) is 8.74. The molecule has 0 aliphatic heterocycles. The second-order valence-electron chi connectivity index (χ2n) is 4.41. The summed E-state index contributed by atoms with van der Waals surface area (Å²) in [6.07, 6.45) is 0.930. The lowest BCUT2D eigenvalue weighted by Crippen LogP contribution is -2.19. The monoisotopic (exact) mass is 251 g/mol. The molecule has 0 aliphatic carbocycles. The Kier molecular flexibility index (Phi) is 7.46. The first-order valence-electron chi connectivity index (χ1n) is 6.72. The lowest BCUT2D eigenvalue weighted by Gasteiger charge is -2.08. The largest absolute Gasteiger partial charge is 0.493 e. The molecular formula is C15H25NO2. The van der Waals surface area contributed by atoms with Gasteiger partial charge in [0.15, 0.2) is 0 Å². The lowest BCUT2D eigenvalue weighted by molar-refractivity contribution is 0.121. The van der Waals surface area contributed by atoms with Crippen LogP contribution in [-0.4, -0.2) is 32.9 Å². The molecular weight excluding hydrogens is 226 g/mol. The molecule has 0 aromatic heterocycles. The molecule has 1 aromatic carbocycles. The molecule has 3 nitrogen and oxygen atoms in total. The highest BCUT2D eigenvalue weighted by molar-refractivity contribution is 5.33. The van der Waals surface area contributed by atoms with Gasteiger partial charge in [0.05, 0.1) is 13.2 Å². The van der Waals surface area contributed by atoms with Crippen LogP contribution in [0.5, 0.6) is 5.75 Å². The highest BCUT2D eigenvalue weighted by Gasteiger charge is 1.97. The highest BCUT2D eigenvalue weighted by atomic mass is 16.5. The Morgan fingerprint density at radius 1 is 1.06 bits per heavy atom. The van der Waals surface area contributed by atoms with Gasteiger partial charge < -0.3 is 14.8 Å². The van der Waals surface area contributed by atoms with E-state index in [0.29, 0.717) is 6.61 Å². The van der Waals surface area contributed by atoms with Crippen LogP contribution in [0.4, 0.5) is 0 Å². The first-order valence-corrected chi connectivity index (χ1v) is 6.72. The minimum atomic E-state index is 0.712. The van der Waals surface area contributed by atoms with Crippen LogP contribution in [0, 0.1) is 13.8 Å². The fourth-order valence-electron chi connectivity index (χ4n) is 1.58. The Morgan fingerprint density at radius 2 is 1.89 bits per heavy atom. The van der Waals surface area contributed by atoms with E-state index in [9.17, 15) is 0 Å². The third-order valence-corrected chi connectivity index (χ3v) is 2.85. The first kappa shape index (κ1) is 15.0. The quantitative estimate of drug-likeness (QED) is 0.685. The summed E-state index contributed by atoms with van der Waals surface area (Å²) in [6, 6.07) is 6.20. The number of ether oxygens (including phenoxy) is 2. The normalized spacial score (nSPS) is 10.6. The zero-order valence-electron chi connectivity index (χ0n) is 11.8. The smallest absolute Gasteiger partial charge is 0.119 e. The molecule has 0 atom stereocenters. The van der Waals surface area contributed by atoms with Gasteiger partial charge in [0.25, 0.3) is 0 Å². The number of hydrogen-bond acceptors (Lipinski definition) is 3. The van der Waals surface area contributed by atoms with Crippen molar-refractivity contribution in [2.45, 2.75) is 27.2 Å². The van der Waals surface area contributed by atoms with Crippen LogP contribution >= 0.6 is 0 Å². The van der Waals surface area contributed by atoms with Crippen molar-refractivity contribution in [1.29, 1.82) is 0 Å². The van der Waals surface area contributed by atoms with E-state index in [-0.39, 0.29) is 0 Å². The number of rotatable bonds is 9. The van der Waals surface area contributed by atoms with Gasteiger partial charge in [-0.25, -0.2) is 0 Å². The van der Waals surface area contributed by atoms with E-state index in [1.807, 2.05) is 6.07 Å². The van der Waals surface area contributed by atoms with Crippen molar-refractivity contribution in [2.75, 3.05) is 32.9 Å². The fourth-order valence-corrected chi connectivity index (χ4v) is 1.58. The molecule has 0 bridgehead atoms. The number of hydrogen-bond donors (Lipinski definition) is 1. The number of benzene rings is 1. The second kappa shape index (κ2) is 8.95. The van der Waals surface area contributed by atoms with E-state index in [1.54, 1.807) is 0 Å². The van der Waals surface area contributed by atoms with Crippen molar-refractivity contribution < 1.29 is 9.47 Å². The summed E-state index contributed by atoms with van der Waals surface area (Å²) in [5.41, 5.74) is 2.57. The Morgan fingerprint density at radius 3 is 2.61 bits per heavy atom. The molecule has 0 spiro atoms. The van der Waals surface area contributed by atoms with Gasteiger partial charge in [0.2, 0.25) is 0 Å². The predicted octanol–water partition coefficient (Wildman–Crippen LogP) is 2.70.